The SMILES string of the molecule is C[C@]12CCN(C(=O)N3CC4CC(O)CC4C3)C[C@H]1NC(=O)CO2. The molecule has 0 aromatic heterocycles. The lowest BCUT2D eigenvalue weighted by molar-refractivity contribution is -0.156. The number of carbonyl (C=O) groups is 2. The maximum atomic E-state index is 12.8. The predicted molar refractivity (Wildman–Crippen MR) is 81.7 cm³/mol. The van der Waals surface area contributed by atoms with E-state index in [4.69, 9.17) is 4.74 Å². The van der Waals surface area contributed by atoms with Crippen LogP contribution in [0.25, 0.3) is 0 Å². The summed E-state index contributed by atoms with van der Waals surface area (Å²) in [6.07, 6.45) is 2.19. The highest BCUT2D eigenvalue weighted by molar-refractivity contribution is 5.79. The maximum Gasteiger partial charge on any atom is 0.320 e. The molecule has 2 N–H and O–H groups in total. The number of likely N-dealkylation sites (tertiary alicyclic amines) is 2. The zero-order valence-electron chi connectivity index (χ0n) is 13.5. The minimum atomic E-state index is -0.365. The Morgan fingerprint density at radius 1 is 1.26 bits per heavy atom. The number of aliphatic hydroxyl groups is 1. The molecule has 128 valence electrons. The number of piperidine rings is 1. The summed E-state index contributed by atoms with van der Waals surface area (Å²) in [6, 6.07) is -0.0684. The average Bonchev–Trinajstić information content (AvgIpc) is 3.04. The number of nitrogens with zero attached hydrogens (tertiary/aromatic N) is 2. The van der Waals surface area contributed by atoms with Crippen molar-refractivity contribution < 1.29 is 19.4 Å². The van der Waals surface area contributed by atoms with Crippen molar-refractivity contribution in [3.8, 4) is 0 Å². The Bertz CT molecular complexity index is 513. The maximum absolute atomic E-state index is 12.8. The van der Waals surface area contributed by atoms with Gasteiger partial charge in [-0.25, -0.2) is 4.79 Å². The normalized spacial score (nSPS) is 43.1. The first-order valence-electron chi connectivity index (χ1n) is 8.60. The van der Waals surface area contributed by atoms with Gasteiger partial charge in [-0.1, -0.05) is 0 Å². The van der Waals surface area contributed by atoms with Gasteiger partial charge >= 0.3 is 6.03 Å². The minimum Gasteiger partial charge on any atom is -0.393 e. The van der Waals surface area contributed by atoms with Gasteiger partial charge in [0.05, 0.1) is 17.7 Å². The second kappa shape index (κ2) is 5.34. The van der Waals surface area contributed by atoms with E-state index in [-0.39, 0.29) is 36.3 Å². The van der Waals surface area contributed by atoms with Gasteiger partial charge in [-0.05, 0) is 38.0 Å². The van der Waals surface area contributed by atoms with Crippen LogP contribution in [0.15, 0.2) is 0 Å². The summed E-state index contributed by atoms with van der Waals surface area (Å²) in [5.74, 6) is 0.787. The van der Waals surface area contributed by atoms with Crippen molar-refractivity contribution in [3.63, 3.8) is 0 Å². The fourth-order valence-electron chi connectivity index (χ4n) is 4.67. The number of carbonyl (C=O) groups excluding carboxylic acids is 2. The molecule has 0 aromatic rings. The van der Waals surface area contributed by atoms with Crippen molar-refractivity contribution in [2.24, 2.45) is 11.8 Å². The van der Waals surface area contributed by atoms with E-state index < -0.39 is 0 Å². The summed E-state index contributed by atoms with van der Waals surface area (Å²) in [4.78, 5) is 28.2. The first-order valence-corrected chi connectivity index (χ1v) is 8.60. The molecule has 3 amide bonds. The number of ether oxygens (including phenoxy) is 1. The molecule has 1 aliphatic carbocycles. The van der Waals surface area contributed by atoms with Crippen molar-refractivity contribution in [2.75, 3.05) is 32.8 Å². The lowest BCUT2D eigenvalue weighted by atomic mass is 9.87. The lowest BCUT2D eigenvalue weighted by Crippen LogP contribution is -2.67. The molecule has 7 heteroatoms. The fourth-order valence-corrected chi connectivity index (χ4v) is 4.67. The number of hydrogen-bond donors (Lipinski definition) is 2. The lowest BCUT2D eigenvalue weighted by Gasteiger charge is -2.48. The number of rotatable bonds is 0. The molecule has 0 bridgehead atoms. The molecule has 3 heterocycles. The summed E-state index contributed by atoms with van der Waals surface area (Å²) in [7, 11) is 0. The molecule has 0 spiro atoms. The van der Waals surface area contributed by atoms with Crippen molar-refractivity contribution in [3.05, 3.63) is 0 Å². The molecule has 0 aromatic carbocycles. The van der Waals surface area contributed by atoms with Crippen LogP contribution >= 0.6 is 0 Å². The van der Waals surface area contributed by atoms with Crippen LogP contribution in [0.4, 0.5) is 4.79 Å². The molecule has 1 saturated carbocycles. The monoisotopic (exact) mass is 323 g/mol. The molecular weight excluding hydrogens is 298 g/mol. The Hall–Kier alpha value is -1.34. The van der Waals surface area contributed by atoms with Crippen molar-refractivity contribution >= 4 is 11.9 Å². The molecule has 3 aliphatic heterocycles. The number of nitrogens with one attached hydrogen (secondary N) is 1. The van der Waals surface area contributed by atoms with E-state index in [9.17, 15) is 14.7 Å². The summed E-state index contributed by atoms with van der Waals surface area (Å²) in [6.45, 7) is 4.80. The van der Waals surface area contributed by atoms with Crippen molar-refractivity contribution in [1.29, 1.82) is 0 Å². The third-order valence-corrected chi connectivity index (χ3v) is 6.15. The fraction of sp³-hybridized carbons (Fsp3) is 0.875. The largest absolute Gasteiger partial charge is 0.393 e. The van der Waals surface area contributed by atoms with Crippen LogP contribution in [-0.2, 0) is 9.53 Å². The second-order valence-electron chi connectivity index (χ2n) is 7.75. The third kappa shape index (κ3) is 2.59. The summed E-state index contributed by atoms with van der Waals surface area (Å²) < 4.78 is 5.72. The van der Waals surface area contributed by atoms with Gasteiger partial charge in [0.2, 0.25) is 5.91 Å². The van der Waals surface area contributed by atoms with E-state index >= 15 is 0 Å². The van der Waals surface area contributed by atoms with Gasteiger partial charge in [0, 0.05) is 26.2 Å². The predicted octanol–water partition coefficient (Wildman–Crippen LogP) is -0.211. The van der Waals surface area contributed by atoms with Gasteiger partial charge in [0.25, 0.3) is 0 Å². The minimum absolute atomic E-state index is 0.0655. The molecule has 2 unspecified atom stereocenters. The molecular formula is C16H25N3O4. The molecule has 7 nitrogen and oxygen atoms in total. The highest BCUT2D eigenvalue weighted by Crippen LogP contribution is 2.38. The van der Waals surface area contributed by atoms with Gasteiger partial charge < -0.3 is 25.0 Å². The molecule has 4 rings (SSSR count). The first-order chi connectivity index (χ1) is 10.9. The molecule has 4 aliphatic rings. The molecule has 4 atom stereocenters. The number of morpholine rings is 1. The Morgan fingerprint density at radius 2 is 1.96 bits per heavy atom. The van der Waals surface area contributed by atoms with Gasteiger partial charge in [0.1, 0.15) is 6.61 Å². The van der Waals surface area contributed by atoms with Gasteiger partial charge in [-0.15, -0.1) is 0 Å². The second-order valence-corrected chi connectivity index (χ2v) is 7.75. The zero-order chi connectivity index (χ0) is 16.2. The molecule has 0 radical (unpaired) electrons. The Kier molecular flexibility index (Phi) is 3.53. The Morgan fingerprint density at radius 3 is 2.65 bits per heavy atom. The number of urea groups is 1. The molecule has 4 fully saturated rings. The number of fused-ring (bicyclic) bond motifs is 2. The number of amides is 3. The van der Waals surface area contributed by atoms with E-state index in [0.717, 1.165) is 32.4 Å². The summed E-state index contributed by atoms with van der Waals surface area (Å²) >= 11 is 0. The third-order valence-electron chi connectivity index (χ3n) is 6.15. The van der Waals surface area contributed by atoms with E-state index in [1.54, 1.807) is 0 Å². The van der Waals surface area contributed by atoms with Crippen LogP contribution < -0.4 is 5.32 Å². The van der Waals surface area contributed by atoms with Crippen LogP contribution in [0.2, 0.25) is 0 Å². The summed E-state index contributed by atoms with van der Waals surface area (Å²) in [5, 5.41) is 12.7. The summed E-state index contributed by atoms with van der Waals surface area (Å²) in [5.41, 5.74) is -0.365. The van der Waals surface area contributed by atoms with Crippen LogP contribution in [0.1, 0.15) is 26.2 Å². The standard InChI is InChI=1S/C16H25N3O4/c1-16-2-3-18(8-13(16)17-14(21)9-23-16)15(22)19-6-10-4-12(20)5-11(10)7-19/h10-13,20H,2-9H2,1H3,(H,17,21)/t10?,11?,12?,13-,16+/m1/s1. The highest BCUT2D eigenvalue weighted by atomic mass is 16.5. The highest BCUT2D eigenvalue weighted by Gasteiger charge is 2.47. The van der Waals surface area contributed by atoms with Crippen molar-refractivity contribution in [2.45, 2.75) is 43.9 Å². The zero-order valence-corrected chi connectivity index (χ0v) is 13.5. The number of hydrogen-bond acceptors (Lipinski definition) is 4. The van der Waals surface area contributed by atoms with E-state index in [1.165, 1.54) is 0 Å². The molecule has 3 saturated heterocycles. The molecule has 23 heavy (non-hydrogen) atoms. The Labute approximate surface area is 135 Å². The van der Waals surface area contributed by atoms with Crippen LogP contribution in [0.3, 0.4) is 0 Å². The van der Waals surface area contributed by atoms with Crippen molar-refractivity contribution in [1.82, 2.24) is 15.1 Å². The van der Waals surface area contributed by atoms with Crippen LogP contribution in [0.5, 0.6) is 0 Å². The first kappa shape index (κ1) is 15.2. The topological polar surface area (TPSA) is 82.1 Å². The van der Waals surface area contributed by atoms with E-state index in [2.05, 4.69) is 5.32 Å². The number of aliphatic hydroxyl groups excluding tert-OH is 1. The quantitative estimate of drug-likeness (QED) is 0.646. The average molecular weight is 323 g/mol. The van der Waals surface area contributed by atoms with Gasteiger partial charge in [0.15, 0.2) is 0 Å². The smallest absolute Gasteiger partial charge is 0.320 e. The van der Waals surface area contributed by atoms with Gasteiger partial charge in [-0.3, -0.25) is 4.79 Å². The van der Waals surface area contributed by atoms with Gasteiger partial charge in [-0.2, -0.15) is 0 Å². The van der Waals surface area contributed by atoms with E-state index in [0.29, 0.717) is 24.9 Å². The van der Waals surface area contributed by atoms with Crippen LogP contribution in [-0.4, -0.2) is 77.4 Å². The van der Waals surface area contributed by atoms with E-state index in [1.807, 2.05) is 16.7 Å². The van der Waals surface area contributed by atoms with Crippen LogP contribution in [0, 0.1) is 11.8 Å². The Balaban J connectivity index is 1.39.